The van der Waals surface area contributed by atoms with Crippen molar-refractivity contribution in [2.75, 3.05) is 13.1 Å². The molecular formula is C10H11BrN2O2. The van der Waals surface area contributed by atoms with E-state index in [9.17, 15) is 4.79 Å². The Morgan fingerprint density at radius 2 is 2.47 bits per heavy atom. The maximum atomic E-state index is 12.0. The van der Waals surface area contributed by atoms with Gasteiger partial charge in [0.05, 0.1) is 6.04 Å². The number of hydrogen-bond acceptors (Lipinski definition) is 3. The summed E-state index contributed by atoms with van der Waals surface area (Å²) in [7, 11) is 0. The number of carbonyl (C=O) groups is 1. The number of amides is 1. The highest BCUT2D eigenvalue weighted by Gasteiger charge is 2.45. The van der Waals surface area contributed by atoms with Crippen molar-refractivity contribution in [1.29, 1.82) is 0 Å². The summed E-state index contributed by atoms with van der Waals surface area (Å²) < 4.78 is 5.86. The van der Waals surface area contributed by atoms with Crippen LogP contribution in [0.2, 0.25) is 0 Å². The third-order valence-corrected chi connectivity index (χ3v) is 3.58. The van der Waals surface area contributed by atoms with Crippen LogP contribution in [0.5, 0.6) is 0 Å². The molecule has 1 aromatic heterocycles. The van der Waals surface area contributed by atoms with Gasteiger partial charge in [0.1, 0.15) is 0 Å². The van der Waals surface area contributed by atoms with Gasteiger partial charge in [-0.15, -0.1) is 0 Å². The van der Waals surface area contributed by atoms with Gasteiger partial charge < -0.3 is 14.6 Å². The van der Waals surface area contributed by atoms with Gasteiger partial charge in [-0.3, -0.25) is 4.79 Å². The predicted molar refractivity (Wildman–Crippen MR) is 57.6 cm³/mol. The SMILES string of the molecule is O=C(c1ccc(Br)o1)N1CC2NCCC21. The smallest absolute Gasteiger partial charge is 0.289 e. The molecule has 2 atom stereocenters. The normalized spacial score (nSPS) is 28.7. The number of likely N-dealkylation sites (tertiary alicyclic amines) is 1. The van der Waals surface area contributed by atoms with Crippen LogP contribution in [0.15, 0.2) is 21.2 Å². The Balaban J connectivity index is 1.76. The Bertz CT molecular complexity index is 404. The number of nitrogens with one attached hydrogen (secondary N) is 1. The van der Waals surface area contributed by atoms with Crippen LogP contribution in [0.1, 0.15) is 17.0 Å². The Morgan fingerprint density at radius 1 is 1.60 bits per heavy atom. The maximum Gasteiger partial charge on any atom is 0.289 e. The number of rotatable bonds is 1. The molecule has 5 heteroatoms. The second-order valence-electron chi connectivity index (χ2n) is 3.98. The van der Waals surface area contributed by atoms with Crippen molar-refractivity contribution in [3.8, 4) is 0 Å². The molecule has 0 spiro atoms. The highest BCUT2D eigenvalue weighted by Crippen LogP contribution is 2.28. The van der Waals surface area contributed by atoms with Gasteiger partial charge in [0, 0.05) is 12.6 Å². The molecule has 2 fully saturated rings. The zero-order valence-electron chi connectivity index (χ0n) is 8.07. The number of carbonyl (C=O) groups excluding carboxylic acids is 1. The van der Waals surface area contributed by atoms with Crippen LogP contribution in [0.4, 0.5) is 0 Å². The Hall–Kier alpha value is -0.810. The van der Waals surface area contributed by atoms with Crippen LogP contribution in [0, 0.1) is 0 Å². The van der Waals surface area contributed by atoms with Gasteiger partial charge >= 0.3 is 0 Å². The zero-order chi connectivity index (χ0) is 10.4. The number of hydrogen-bond donors (Lipinski definition) is 1. The van der Waals surface area contributed by atoms with Gasteiger partial charge in [0.25, 0.3) is 5.91 Å². The van der Waals surface area contributed by atoms with E-state index in [4.69, 9.17) is 4.42 Å². The van der Waals surface area contributed by atoms with Crippen molar-refractivity contribution in [1.82, 2.24) is 10.2 Å². The quantitative estimate of drug-likeness (QED) is 0.835. The van der Waals surface area contributed by atoms with E-state index in [1.165, 1.54) is 0 Å². The van der Waals surface area contributed by atoms with Crippen molar-refractivity contribution < 1.29 is 9.21 Å². The van der Waals surface area contributed by atoms with Gasteiger partial charge in [-0.1, -0.05) is 0 Å². The Kier molecular flexibility index (Phi) is 2.10. The Labute approximate surface area is 95.7 Å². The maximum absolute atomic E-state index is 12.0. The van der Waals surface area contributed by atoms with Crippen LogP contribution in [0.25, 0.3) is 0 Å². The van der Waals surface area contributed by atoms with Crippen LogP contribution in [-0.2, 0) is 0 Å². The average Bonchev–Trinajstić information content (AvgIpc) is 2.74. The molecule has 2 unspecified atom stereocenters. The van der Waals surface area contributed by atoms with Crippen LogP contribution < -0.4 is 5.32 Å². The van der Waals surface area contributed by atoms with Gasteiger partial charge in [-0.25, -0.2) is 0 Å². The Morgan fingerprint density at radius 3 is 3.13 bits per heavy atom. The van der Waals surface area contributed by atoms with E-state index in [1.54, 1.807) is 12.1 Å². The first-order valence-electron chi connectivity index (χ1n) is 5.05. The fourth-order valence-corrected chi connectivity index (χ4v) is 2.63. The summed E-state index contributed by atoms with van der Waals surface area (Å²) in [6.45, 7) is 1.82. The lowest BCUT2D eigenvalue weighted by molar-refractivity contribution is 0.0378. The molecule has 80 valence electrons. The second kappa shape index (κ2) is 3.35. The molecule has 1 N–H and O–H groups in total. The molecule has 0 radical (unpaired) electrons. The summed E-state index contributed by atoms with van der Waals surface area (Å²) in [5.74, 6) is 0.429. The van der Waals surface area contributed by atoms with Crippen molar-refractivity contribution in [2.45, 2.75) is 18.5 Å². The van der Waals surface area contributed by atoms with E-state index in [1.807, 2.05) is 4.90 Å². The summed E-state index contributed by atoms with van der Waals surface area (Å²) in [6.07, 6.45) is 1.05. The lowest BCUT2D eigenvalue weighted by Crippen LogP contribution is -2.62. The number of fused-ring (bicyclic) bond motifs is 1. The largest absolute Gasteiger partial charge is 0.444 e. The van der Waals surface area contributed by atoms with Crippen molar-refractivity contribution in [2.24, 2.45) is 0 Å². The van der Waals surface area contributed by atoms with Gasteiger partial charge in [0.2, 0.25) is 0 Å². The van der Waals surface area contributed by atoms with E-state index in [0.717, 1.165) is 19.5 Å². The monoisotopic (exact) mass is 270 g/mol. The van der Waals surface area contributed by atoms with Crippen LogP contribution >= 0.6 is 15.9 Å². The van der Waals surface area contributed by atoms with E-state index >= 15 is 0 Å². The number of furan rings is 1. The first kappa shape index (κ1) is 9.42. The minimum Gasteiger partial charge on any atom is -0.444 e. The molecule has 15 heavy (non-hydrogen) atoms. The minimum atomic E-state index is 0.00523. The highest BCUT2D eigenvalue weighted by atomic mass is 79.9. The summed E-state index contributed by atoms with van der Waals surface area (Å²) in [6, 6.07) is 4.34. The van der Waals surface area contributed by atoms with Crippen LogP contribution in [-0.4, -0.2) is 36.0 Å². The molecule has 0 aromatic carbocycles. The lowest BCUT2D eigenvalue weighted by Gasteiger charge is -2.43. The minimum absolute atomic E-state index is 0.00523. The summed E-state index contributed by atoms with van der Waals surface area (Å²) >= 11 is 3.20. The first-order chi connectivity index (χ1) is 7.25. The fourth-order valence-electron chi connectivity index (χ4n) is 2.33. The van der Waals surface area contributed by atoms with Gasteiger partial charge in [-0.2, -0.15) is 0 Å². The third kappa shape index (κ3) is 1.41. The topological polar surface area (TPSA) is 45.5 Å². The van der Waals surface area contributed by atoms with Crippen LogP contribution in [0.3, 0.4) is 0 Å². The molecule has 1 aromatic rings. The van der Waals surface area contributed by atoms with Crippen molar-refractivity contribution in [3.05, 3.63) is 22.6 Å². The lowest BCUT2D eigenvalue weighted by atomic mass is 9.97. The van der Waals surface area contributed by atoms with Crippen molar-refractivity contribution in [3.63, 3.8) is 0 Å². The van der Waals surface area contributed by atoms with Gasteiger partial charge in [-0.05, 0) is 41.0 Å². The summed E-state index contributed by atoms with van der Waals surface area (Å²) in [4.78, 5) is 13.9. The van der Waals surface area contributed by atoms with Crippen molar-refractivity contribution >= 4 is 21.8 Å². The van der Waals surface area contributed by atoms with E-state index in [2.05, 4.69) is 21.2 Å². The predicted octanol–water partition coefficient (Wildman–Crippen LogP) is 1.23. The van der Waals surface area contributed by atoms with E-state index < -0.39 is 0 Å². The molecular weight excluding hydrogens is 260 g/mol. The summed E-state index contributed by atoms with van der Waals surface area (Å²) in [5.41, 5.74) is 0. The van der Waals surface area contributed by atoms with E-state index in [0.29, 0.717) is 22.5 Å². The standard InChI is InChI=1S/C10H11BrN2O2/c11-9-2-1-8(15-9)10(14)13-5-6-7(13)3-4-12-6/h1-2,6-7,12H,3-5H2. The molecule has 2 aliphatic rings. The molecule has 2 saturated heterocycles. The molecule has 4 nitrogen and oxygen atoms in total. The molecule has 0 aliphatic carbocycles. The average molecular weight is 271 g/mol. The fraction of sp³-hybridized carbons (Fsp3) is 0.500. The molecule has 0 saturated carbocycles. The van der Waals surface area contributed by atoms with E-state index in [-0.39, 0.29) is 5.91 Å². The molecule has 1 amide bonds. The number of halogens is 1. The molecule has 2 aliphatic heterocycles. The third-order valence-electron chi connectivity index (χ3n) is 3.15. The summed E-state index contributed by atoms with van der Waals surface area (Å²) in [5, 5.41) is 3.36. The highest BCUT2D eigenvalue weighted by molar-refractivity contribution is 9.10. The number of nitrogens with zero attached hydrogens (tertiary/aromatic N) is 1. The zero-order valence-corrected chi connectivity index (χ0v) is 9.66. The molecule has 3 rings (SSSR count). The van der Waals surface area contributed by atoms with Gasteiger partial charge in [0.15, 0.2) is 10.4 Å². The first-order valence-corrected chi connectivity index (χ1v) is 5.85. The molecule has 3 heterocycles. The second-order valence-corrected chi connectivity index (χ2v) is 4.76. The molecule has 0 bridgehead atoms.